The fourth-order valence-corrected chi connectivity index (χ4v) is 5.49. The second-order valence-corrected chi connectivity index (χ2v) is 11.1. The van der Waals surface area contributed by atoms with Gasteiger partial charge in [-0.3, -0.25) is 9.59 Å². The molecule has 0 radical (unpaired) electrons. The van der Waals surface area contributed by atoms with Crippen LogP contribution in [0, 0.1) is 5.41 Å². The first-order chi connectivity index (χ1) is 15.7. The van der Waals surface area contributed by atoms with Crippen LogP contribution < -0.4 is 10.6 Å². The first-order valence-corrected chi connectivity index (χ1v) is 12.7. The highest BCUT2D eigenvalue weighted by Gasteiger charge is 2.38. The molecule has 2 heterocycles. The van der Waals surface area contributed by atoms with Crippen molar-refractivity contribution in [1.82, 2.24) is 15.2 Å². The number of ether oxygens (including phenoxy) is 1. The summed E-state index contributed by atoms with van der Waals surface area (Å²) >= 11 is 3.07. The standard InChI is InChI=1S/C23H30N4O4S2/c1-5-12-31-21(30)24-10-13-32-22-26-16-9-8-15(14-18(16)33-22)25-19(28)17-7-6-11-27(17)20(29)23(2,3)4/h5,8-9,14,17H,1,6-7,10-13H2,2-4H3,(H,24,30)(H,25,28). The van der Waals surface area contributed by atoms with Crippen LogP contribution in [0.5, 0.6) is 0 Å². The number of amides is 3. The van der Waals surface area contributed by atoms with E-state index in [1.807, 2.05) is 39.0 Å². The summed E-state index contributed by atoms with van der Waals surface area (Å²) < 4.78 is 6.71. The number of hydrogen-bond acceptors (Lipinski definition) is 7. The molecule has 2 aromatic rings. The summed E-state index contributed by atoms with van der Waals surface area (Å²) in [6.45, 7) is 10.4. The van der Waals surface area contributed by atoms with E-state index in [1.54, 1.807) is 16.7 Å². The number of fused-ring (bicyclic) bond motifs is 1. The lowest BCUT2D eigenvalue weighted by atomic mass is 9.94. The molecule has 0 saturated carbocycles. The Morgan fingerprint density at radius 2 is 2.15 bits per heavy atom. The number of benzene rings is 1. The monoisotopic (exact) mass is 490 g/mol. The Morgan fingerprint density at radius 3 is 2.88 bits per heavy atom. The van der Waals surface area contributed by atoms with Crippen molar-refractivity contribution in [2.24, 2.45) is 5.41 Å². The summed E-state index contributed by atoms with van der Waals surface area (Å²) in [6.07, 6.45) is 2.55. The number of nitrogens with one attached hydrogen (secondary N) is 2. The Labute approximate surface area is 202 Å². The van der Waals surface area contributed by atoms with Crippen LogP contribution in [0.3, 0.4) is 0 Å². The summed E-state index contributed by atoms with van der Waals surface area (Å²) in [7, 11) is 0. The first kappa shape index (κ1) is 25.0. The van der Waals surface area contributed by atoms with E-state index in [-0.39, 0.29) is 18.4 Å². The third-order valence-corrected chi connectivity index (χ3v) is 7.19. The van der Waals surface area contributed by atoms with Gasteiger partial charge in [0.1, 0.15) is 12.6 Å². The van der Waals surface area contributed by atoms with E-state index < -0.39 is 17.6 Å². The largest absolute Gasteiger partial charge is 0.445 e. The number of aromatic nitrogens is 1. The van der Waals surface area contributed by atoms with E-state index in [1.165, 1.54) is 17.4 Å². The smallest absolute Gasteiger partial charge is 0.407 e. The van der Waals surface area contributed by atoms with Crippen molar-refractivity contribution in [3.63, 3.8) is 0 Å². The molecule has 178 valence electrons. The van der Waals surface area contributed by atoms with Crippen LogP contribution in [0.4, 0.5) is 10.5 Å². The Hall–Kier alpha value is -2.59. The van der Waals surface area contributed by atoms with E-state index in [0.717, 1.165) is 21.0 Å². The van der Waals surface area contributed by atoms with Crippen LogP contribution in [0.2, 0.25) is 0 Å². The Kier molecular flexibility index (Phi) is 8.36. The van der Waals surface area contributed by atoms with Crippen molar-refractivity contribution in [1.29, 1.82) is 0 Å². The number of anilines is 1. The lowest BCUT2D eigenvalue weighted by Gasteiger charge is -2.30. The van der Waals surface area contributed by atoms with Gasteiger partial charge >= 0.3 is 6.09 Å². The molecular formula is C23H30N4O4S2. The van der Waals surface area contributed by atoms with Crippen LogP contribution in [0.15, 0.2) is 35.2 Å². The number of hydrogen-bond donors (Lipinski definition) is 2. The molecule has 10 heteroatoms. The Morgan fingerprint density at radius 1 is 1.36 bits per heavy atom. The number of rotatable bonds is 8. The zero-order chi connectivity index (χ0) is 24.0. The average Bonchev–Trinajstić information content (AvgIpc) is 3.40. The van der Waals surface area contributed by atoms with Crippen LogP contribution in [-0.4, -0.2) is 59.3 Å². The van der Waals surface area contributed by atoms with Crippen LogP contribution in [0.1, 0.15) is 33.6 Å². The van der Waals surface area contributed by atoms with Crippen molar-refractivity contribution in [2.45, 2.75) is 44.0 Å². The third kappa shape index (κ3) is 6.70. The molecule has 1 saturated heterocycles. The van der Waals surface area contributed by atoms with Gasteiger partial charge in [0.05, 0.1) is 10.2 Å². The van der Waals surface area contributed by atoms with Gasteiger partial charge in [0, 0.05) is 29.9 Å². The average molecular weight is 491 g/mol. The van der Waals surface area contributed by atoms with Crippen molar-refractivity contribution >= 4 is 56.9 Å². The van der Waals surface area contributed by atoms with Crippen LogP contribution in [-0.2, 0) is 14.3 Å². The fraction of sp³-hybridized carbons (Fsp3) is 0.478. The van der Waals surface area contributed by atoms with Gasteiger partial charge in [-0.05, 0) is 31.0 Å². The number of thiazole rings is 1. The Balaban J connectivity index is 1.56. The SMILES string of the molecule is C=CCOC(=O)NCCSc1nc2ccc(NC(=O)C3CCCN3C(=O)C(C)(C)C)cc2s1. The van der Waals surface area contributed by atoms with Gasteiger partial charge in [-0.25, -0.2) is 9.78 Å². The van der Waals surface area contributed by atoms with Crippen molar-refractivity contribution < 1.29 is 19.1 Å². The van der Waals surface area contributed by atoms with E-state index >= 15 is 0 Å². The molecule has 1 aliphatic rings. The van der Waals surface area contributed by atoms with Gasteiger partial charge < -0.3 is 20.3 Å². The molecule has 1 aliphatic heterocycles. The van der Waals surface area contributed by atoms with Gasteiger partial charge in [-0.2, -0.15) is 0 Å². The first-order valence-electron chi connectivity index (χ1n) is 10.9. The maximum absolute atomic E-state index is 12.9. The molecule has 1 unspecified atom stereocenters. The van der Waals surface area contributed by atoms with Crippen LogP contribution in [0.25, 0.3) is 10.2 Å². The number of thioether (sulfide) groups is 1. The molecule has 1 atom stereocenters. The second kappa shape index (κ2) is 11.0. The molecule has 1 aromatic carbocycles. The molecule has 2 N–H and O–H groups in total. The minimum atomic E-state index is -0.514. The van der Waals surface area contributed by atoms with E-state index in [9.17, 15) is 14.4 Å². The summed E-state index contributed by atoms with van der Waals surface area (Å²) in [4.78, 5) is 43.4. The lowest BCUT2D eigenvalue weighted by Crippen LogP contribution is -2.47. The maximum Gasteiger partial charge on any atom is 0.407 e. The molecule has 3 amide bonds. The Bertz CT molecular complexity index is 1030. The number of likely N-dealkylation sites (tertiary alicyclic amines) is 1. The molecule has 0 aliphatic carbocycles. The normalized spacial score (nSPS) is 16.0. The predicted molar refractivity (Wildman–Crippen MR) is 133 cm³/mol. The lowest BCUT2D eigenvalue weighted by molar-refractivity contribution is -0.143. The highest BCUT2D eigenvalue weighted by atomic mass is 32.2. The molecule has 33 heavy (non-hydrogen) atoms. The third-order valence-electron chi connectivity index (χ3n) is 5.02. The second-order valence-electron chi connectivity index (χ2n) is 8.72. The minimum Gasteiger partial charge on any atom is -0.445 e. The summed E-state index contributed by atoms with van der Waals surface area (Å²) in [5, 5.41) is 5.65. The quantitative estimate of drug-likeness (QED) is 0.326. The van der Waals surface area contributed by atoms with E-state index in [2.05, 4.69) is 22.2 Å². The van der Waals surface area contributed by atoms with Gasteiger partial charge in [0.2, 0.25) is 11.8 Å². The number of carbonyl (C=O) groups excluding carboxylic acids is 3. The molecule has 1 fully saturated rings. The number of nitrogens with zero attached hydrogens (tertiary/aromatic N) is 2. The maximum atomic E-state index is 12.9. The highest BCUT2D eigenvalue weighted by Crippen LogP contribution is 2.32. The molecule has 3 rings (SSSR count). The van der Waals surface area contributed by atoms with Crippen molar-refractivity contribution in [2.75, 3.05) is 30.8 Å². The zero-order valence-electron chi connectivity index (χ0n) is 19.2. The molecule has 8 nitrogen and oxygen atoms in total. The summed E-state index contributed by atoms with van der Waals surface area (Å²) in [5.74, 6) is 0.507. The number of carbonyl (C=O) groups is 3. The minimum absolute atomic E-state index is 0.00295. The van der Waals surface area contributed by atoms with Gasteiger partial charge in [-0.15, -0.1) is 11.3 Å². The predicted octanol–water partition coefficient (Wildman–Crippen LogP) is 4.28. The molecule has 0 bridgehead atoms. The van der Waals surface area contributed by atoms with Crippen molar-refractivity contribution in [3.05, 3.63) is 30.9 Å². The zero-order valence-corrected chi connectivity index (χ0v) is 20.8. The van der Waals surface area contributed by atoms with Gasteiger partial charge in [0.15, 0.2) is 4.34 Å². The van der Waals surface area contributed by atoms with E-state index in [0.29, 0.717) is 31.0 Å². The fourth-order valence-electron chi connectivity index (χ4n) is 3.46. The molecular weight excluding hydrogens is 460 g/mol. The topological polar surface area (TPSA) is 101 Å². The van der Waals surface area contributed by atoms with Gasteiger partial charge in [0.25, 0.3) is 0 Å². The number of alkyl carbamates (subject to hydrolysis) is 1. The van der Waals surface area contributed by atoms with Crippen molar-refractivity contribution in [3.8, 4) is 0 Å². The summed E-state index contributed by atoms with van der Waals surface area (Å²) in [6, 6.07) is 5.18. The van der Waals surface area contributed by atoms with Gasteiger partial charge in [-0.1, -0.05) is 45.2 Å². The van der Waals surface area contributed by atoms with Crippen LogP contribution >= 0.6 is 23.1 Å². The molecule has 1 aromatic heterocycles. The molecule has 0 spiro atoms. The van der Waals surface area contributed by atoms with E-state index in [4.69, 9.17) is 4.74 Å². The summed E-state index contributed by atoms with van der Waals surface area (Å²) in [5.41, 5.74) is 1.03. The highest BCUT2D eigenvalue weighted by molar-refractivity contribution is 8.01.